The van der Waals surface area contributed by atoms with E-state index in [1.54, 1.807) is 4.68 Å². The van der Waals surface area contributed by atoms with Crippen LogP contribution in [0.2, 0.25) is 0 Å². The van der Waals surface area contributed by atoms with E-state index in [0.717, 1.165) is 22.4 Å². The Morgan fingerprint density at radius 1 is 0.931 bits per heavy atom. The van der Waals surface area contributed by atoms with Crippen molar-refractivity contribution >= 4 is 11.6 Å². The van der Waals surface area contributed by atoms with Crippen LogP contribution in [0.15, 0.2) is 72.8 Å². The molecule has 0 atom stereocenters. The third kappa shape index (κ3) is 3.91. The van der Waals surface area contributed by atoms with E-state index < -0.39 is 5.91 Å². The van der Waals surface area contributed by atoms with E-state index in [-0.39, 0.29) is 11.6 Å². The zero-order chi connectivity index (χ0) is 20.4. The van der Waals surface area contributed by atoms with Gasteiger partial charge in [0.15, 0.2) is 5.82 Å². The minimum Gasteiger partial charge on any atom is -0.319 e. The molecule has 4 rings (SSSR count). The molecule has 1 heterocycles. The van der Waals surface area contributed by atoms with Gasteiger partial charge in [0.25, 0.3) is 5.91 Å². The summed E-state index contributed by atoms with van der Waals surface area (Å²) in [4.78, 5) is 17.2. The van der Waals surface area contributed by atoms with Crippen LogP contribution in [0, 0.1) is 19.7 Å². The lowest BCUT2D eigenvalue weighted by molar-refractivity contribution is 0.101. The van der Waals surface area contributed by atoms with Crippen molar-refractivity contribution in [1.82, 2.24) is 14.8 Å². The molecule has 29 heavy (non-hydrogen) atoms. The standard InChI is InChI=1S/C23H19FN4O/c1-15-7-9-17(10-8-15)22-26-21(23(29)25-19-13-11-18(24)12-14-19)27-28(22)20-6-4-3-5-16(20)2/h3-14H,1-2H3,(H,25,29). The number of halogens is 1. The van der Waals surface area contributed by atoms with Gasteiger partial charge in [-0.2, -0.15) is 0 Å². The van der Waals surface area contributed by atoms with E-state index in [0.29, 0.717) is 11.5 Å². The highest BCUT2D eigenvalue weighted by molar-refractivity contribution is 6.01. The largest absolute Gasteiger partial charge is 0.319 e. The number of para-hydroxylation sites is 1. The Bertz CT molecular complexity index is 1160. The fraction of sp³-hybridized carbons (Fsp3) is 0.0870. The molecule has 1 amide bonds. The van der Waals surface area contributed by atoms with Crippen LogP contribution in [0.3, 0.4) is 0 Å². The number of nitrogens with zero attached hydrogens (tertiary/aromatic N) is 3. The van der Waals surface area contributed by atoms with E-state index in [4.69, 9.17) is 0 Å². The summed E-state index contributed by atoms with van der Waals surface area (Å²) in [5.41, 5.74) is 4.31. The average Bonchev–Trinajstić information content (AvgIpc) is 3.16. The van der Waals surface area contributed by atoms with E-state index in [1.165, 1.54) is 24.3 Å². The molecule has 3 aromatic carbocycles. The minimum atomic E-state index is -0.461. The number of aryl methyl sites for hydroxylation is 2. The maximum absolute atomic E-state index is 13.1. The van der Waals surface area contributed by atoms with Crippen molar-refractivity contribution in [3.8, 4) is 17.1 Å². The molecule has 1 aromatic heterocycles. The number of anilines is 1. The second-order valence-corrected chi connectivity index (χ2v) is 6.78. The van der Waals surface area contributed by atoms with Crippen molar-refractivity contribution in [3.63, 3.8) is 0 Å². The van der Waals surface area contributed by atoms with Crippen molar-refractivity contribution < 1.29 is 9.18 Å². The molecule has 0 aliphatic rings. The van der Waals surface area contributed by atoms with Gasteiger partial charge in [-0.15, -0.1) is 5.10 Å². The van der Waals surface area contributed by atoms with E-state index in [2.05, 4.69) is 15.4 Å². The Hall–Kier alpha value is -3.80. The Kier molecular flexibility index (Phi) is 4.91. The molecular weight excluding hydrogens is 367 g/mol. The molecule has 0 aliphatic carbocycles. The molecule has 1 N–H and O–H groups in total. The molecule has 0 fully saturated rings. The Morgan fingerprint density at radius 2 is 1.62 bits per heavy atom. The number of rotatable bonds is 4. The maximum atomic E-state index is 13.1. The van der Waals surface area contributed by atoms with Crippen molar-refractivity contribution in [1.29, 1.82) is 0 Å². The number of amides is 1. The van der Waals surface area contributed by atoms with Gasteiger partial charge in [-0.25, -0.2) is 14.1 Å². The predicted molar refractivity (Wildman–Crippen MR) is 111 cm³/mol. The second kappa shape index (κ2) is 7.67. The highest BCUT2D eigenvalue weighted by Crippen LogP contribution is 2.24. The van der Waals surface area contributed by atoms with Crippen LogP contribution in [-0.2, 0) is 0 Å². The van der Waals surface area contributed by atoms with Gasteiger partial charge in [-0.3, -0.25) is 4.79 Å². The van der Waals surface area contributed by atoms with Crippen molar-refractivity contribution in [2.75, 3.05) is 5.32 Å². The molecule has 0 saturated carbocycles. The van der Waals surface area contributed by atoms with Gasteiger partial charge in [0.05, 0.1) is 5.69 Å². The third-order valence-corrected chi connectivity index (χ3v) is 4.57. The quantitative estimate of drug-likeness (QED) is 0.540. The fourth-order valence-electron chi connectivity index (χ4n) is 2.99. The number of hydrogen-bond donors (Lipinski definition) is 1. The van der Waals surface area contributed by atoms with Crippen LogP contribution in [0.5, 0.6) is 0 Å². The minimum absolute atomic E-state index is 0.0353. The highest BCUT2D eigenvalue weighted by atomic mass is 19.1. The van der Waals surface area contributed by atoms with E-state index >= 15 is 0 Å². The molecule has 0 aliphatic heterocycles. The second-order valence-electron chi connectivity index (χ2n) is 6.78. The highest BCUT2D eigenvalue weighted by Gasteiger charge is 2.19. The molecule has 0 spiro atoms. The van der Waals surface area contributed by atoms with Crippen LogP contribution in [0.1, 0.15) is 21.7 Å². The number of carbonyl (C=O) groups is 1. The van der Waals surface area contributed by atoms with Crippen molar-refractivity contribution in [2.45, 2.75) is 13.8 Å². The summed E-state index contributed by atoms with van der Waals surface area (Å²) in [7, 11) is 0. The molecule has 0 bridgehead atoms. The van der Waals surface area contributed by atoms with Crippen LogP contribution in [0.4, 0.5) is 10.1 Å². The molecule has 0 saturated heterocycles. The fourth-order valence-corrected chi connectivity index (χ4v) is 2.99. The normalized spacial score (nSPS) is 10.7. The number of benzene rings is 3. The summed E-state index contributed by atoms with van der Waals surface area (Å²) in [5, 5.41) is 7.18. The third-order valence-electron chi connectivity index (χ3n) is 4.57. The zero-order valence-electron chi connectivity index (χ0n) is 16.1. The molecule has 4 aromatic rings. The summed E-state index contributed by atoms with van der Waals surface area (Å²) < 4.78 is 14.8. The molecule has 0 radical (unpaired) electrons. The van der Waals surface area contributed by atoms with Crippen molar-refractivity contribution in [2.24, 2.45) is 0 Å². The zero-order valence-corrected chi connectivity index (χ0v) is 16.1. The van der Waals surface area contributed by atoms with Gasteiger partial charge in [0.1, 0.15) is 5.82 Å². The van der Waals surface area contributed by atoms with Gasteiger partial charge in [0.2, 0.25) is 5.82 Å². The van der Waals surface area contributed by atoms with E-state index in [1.807, 2.05) is 62.4 Å². The average molecular weight is 386 g/mol. The van der Waals surface area contributed by atoms with Gasteiger partial charge in [-0.1, -0.05) is 48.0 Å². The predicted octanol–water partition coefficient (Wildman–Crippen LogP) is 4.94. The molecule has 6 heteroatoms. The summed E-state index contributed by atoms with van der Waals surface area (Å²) >= 11 is 0. The molecule has 0 unspecified atom stereocenters. The first-order valence-corrected chi connectivity index (χ1v) is 9.18. The summed E-state index contributed by atoms with van der Waals surface area (Å²) in [6, 6.07) is 21.2. The number of nitrogens with one attached hydrogen (secondary N) is 1. The van der Waals surface area contributed by atoms with Crippen LogP contribution >= 0.6 is 0 Å². The lowest BCUT2D eigenvalue weighted by Gasteiger charge is -2.08. The topological polar surface area (TPSA) is 59.8 Å². The maximum Gasteiger partial charge on any atom is 0.295 e. The van der Waals surface area contributed by atoms with E-state index in [9.17, 15) is 9.18 Å². The summed E-state index contributed by atoms with van der Waals surface area (Å²) in [6.07, 6.45) is 0. The summed E-state index contributed by atoms with van der Waals surface area (Å²) in [5.74, 6) is -0.222. The lowest BCUT2D eigenvalue weighted by Crippen LogP contribution is -2.14. The number of carbonyl (C=O) groups excluding carboxylic acids is 1. The SMILES string of the molecule is Cc1ccc(-c2nc(C(=O)Nc3ccc(F)cc3)nn2-c2ccccc2C)cc1. The van der Waals surface area contributed by atoms with Crippen LogP contribution in [0.25, 0.3) is 17.1 Å². The van der Waals surface area contributed by atoms with Gasteiger partial charge in [-0.05, 0) is 49.7 Å². The van der Waals surface area contributed by atoms with Gasteiger partial charge < -0.3 is 5.32 Å². The van der Waals surface area contributed by atoms with Crippen LogP contribution < -0.4 is 5.32 Å². The Balaban J connectivity index is 1.76. The molecule has 144 valence electrons. The molecular formula is C23H19FN4O. The monoisotopic (exact) mass is 386 g/mol. The lowest BCUT2D eigenvalue weighted by atomic mass is 10.1. The van der Waals surface area contributed by atoms with Crippen molar-refractivity contribution in [3.05, 3.63) is 95.6 Å². The Morgan fingerprint density at radius 3 is 2.31 bits per heavy atom. The number of hydrogen-bond acceptors (Lipinski definition) is 3. The van der Waals surface area contributed by atoms with Gasteiger partial charge in [0, 0.05) is 11.3 Å². The smallest absolute Gasteiger partial charge is 0.295 e. The first-order valence-electron chi connectivity index (χ1n) is 9.18. The first kappa shape index (κ1) is 18.6. The number of aromatic nitrogens is 3. The Labute approximate surface area is 167 Å². The summed E-state index contributed by atoms with van der Waals surface area (Å²) in [6.45, 7) is 3.99. The first-order chi connectivity index (χ1) is 14.0. The molecule has 5 nitrogen and oxygen atoms in total. The van der Waals surface area contributed by atoms with Crippen LogP contribution in [-0.4, -0.2) is 20.7 Å². The van der Waals surface area contributed by atoms with Gasteiger partial charge >= 0.3 is 0 Å².